The Labute approximate surface area is 53.1 Å². The van der Waals surface area contributed by atoms with Crippen LogP contribution in [0.15, 0.2) is 5.34 Å². The van der Waals surface area contributed by atoms with E-state index in [2.05, 4.69) is 10.2 Å². The van der Waals surface area contributed by atoms with E-state index in [0.717, 1.165) is 19.4 Å². The maximum Gasteiger partial charge on any atom is 0.155 e. The van der Waals surface area contributed by atoms with Crippen molar-refractivity contribution in [1.82, 2.24) is 0 Å². The van der Waals surface area contributed by atoms with Gasteiger partial charge in [-0.15, -0.1) is 4.91 Å². The first-order valence-corrected chi connectivity index (χ1v) is 2.99. The fourth-order valence-corrected chi connectivity index (χ4v) is 0.648. The highest BCUT2D eigenvalue weighted by Gasteiger charge is 2.21. The van der Waals surface area contributed by atoms with Crippen LogP contribution in [-0.4, -0.2) is 19.3 Å². The predicted molar refractivity (Wildman–Crippen MR) is 30.7 cm³/mol. The molecule has 0 aromatic heterocycles. The van der Waals surface area contributed by atoms with Crippen LogP contribution >= 0.6 is 0 Å². The average Bonchev–Trinajstić information content (AvgIpc) is 2.63. The van der Waals surface area contributed by atoms with Crippen LogP contribution in [0.2, 0.25) is 0 Å². The Hall–Kier alpha value is -0.640. The van der Waals surface area contributed by atoms with E-state index in [1.807, 2.05) is 0 Å². The first kappa shape index (κ1) is 6.48. The molecule has 52 valence electrons. The summed E-state index contributed by atoms with van der Waals surface area (Å²) >= 11 is 0. The summed E-state index contributed by atoms with van der Waals surface area (Å²) < 4.78 is 4.92. The molecule has 1 atom stereocenters. The van der Waals surface area contributed by atoms with Gasteiger partial charge in [-0.05, 0) is 12.8 Å². The van der Waals surface area contributed by atoms with Gasteiger partial charge in [-0.2, -0.15) is 0 Å². The van der Waals surface area contributed by atoms with Crippen LogP contribution in [0.4, 0.5) is 0 Å². The highest BCUT2D eigenvalue weighted by Crippen LogP contribution is 2.14. The van der Waals surface area contributed by atoms with Crippen LogP contribution in [0.5, 0.6) is 0 Å². The lowest BCUT2D eigenvalue weighted by Crippen LogP contribution is -1.91. The monoisotopic (exact) mass is 131 g/mol. The van der Waals surface area contributed by atoms with E-state index in [4.69, 9.17) is 4.74 Å². The van der Waals surface area contributed by atoms with E-state index in [1.165, 1.54) is 0 Å². The number of ether oxygens (including phenoxy) is 1. The van der Waals surface area contributed by atoms with Crippen LogP contribution in [0, 0.1) is 4.91 Å². The van der Waals surface area contributed by atoms with Gasteiger partial charge in [0.1, 0.15) is 6.61 Å². The van der Waals surface area contributed by atoms with Crippen LogP contribution in [-0.2, 0) is 9.57 Å². The molecular weight excluding hydrogens is 122 g/mol. The van der Waals surface area contributed by atoms with E-state index < -0.39 is 0 Å². The van der Waals surface area contributed by atoms with Crippen molar-refractivity contribution in [3.63, 3.8) is 0 Å². The topological polar surface area (TPSA) is 51.2 Å². The maximum atomic E-state index is 9.36. The fraction of sp³-hybridized carbons (Fsp3) is 1.00. The van der Waals surface area contributed by atoms with Crippen molar-refractivity contribution >= 4 is 0 Å². The lowest BCUT2D eigenvalue weighted by molar-refractivity contribution is 0.133. The molecule has 1 aliphatic heterocycles. The van der Waals surface area contributed by atoms with Crippen molar-refractivity contribution in [3.05, 3.63) is 4.91 Å². The lowest BCUT2D eigenvalue weighted by atomic mass is 10.3. The van der Waals surface area contributed by atoms with Crippen LogP contribution in [0.1, 0.15) is 12.8 Å². The molecule has 0 N–H and O–H groups in total. The summed E-state index contributed by atoms with van der Waals surface area (Å²) in [7, 11) is 0. The normalized spacial score (nSPS) is 23.3. The van der Waals surface area contributed by atoms with Gasteiger partial charge in [-0.25, -0.2) is 0 Å². The van der Waals surface area contributed by atoms with Gasteiger partial charge in [-0.1, -0.05) is 0 Å². The SMILES string of the molecule is O=NOCCCC1CO1. The van der Waals surface area contributed by atoms with E-state index >= 15 is 0 Å². The molecule has 0 aromatic carbocycles. The van der Waals surface area contributed by atoms with Gasteiger partial charge in [0.15, 0.2) is 5.34 Å². The number of nitrogens with zero attached hydrogens (tertiary/aromatic N) is 1. The van der Waals surface area contributed by atoms with Gasteiger partial charge in [0.05, 0.1) is 12.7 Å². The molecule has 1 fully saturated rings. The zero-order valence-corrected chi connectivity index (χ0v) is 5.08. The second-order valence-corrected chi connectivity index (χ2v) is 2.01. The summed E-state index contributed by atoms with van der Waals surface area (Å²) in [6, 6.07) is 0. The Morgan fingerprint density at radius 1 is 1.78 bits per heavy atom. The number of rotatable bonds is 5. The second kappa shape index (κ2) is 3.40. The molecule has 0 bridgehead atoms. The molecule has 0 radical (unpaired) electrons. The van der Waals surface area contributed by atoms with Gasteiger partial charge >= 0.3 is 0 Å². The molecule has 0 amide bonds. The second-order valence-electron chi connectivity index (χ2n) is 2.01. The van der Waals surface area contributed by atoms with Crippen molar-refractivity contribution in [1.29, 1.82) is 0 Å². The third kappa shape index (κ3) is 3.03. The van der Waals surface area contributed by atoms with Gasteiger partial charge < -0.3 is 9.57 Å². The Morgan fingerprint density at radius 3 is 3.11 bits per heavy atom. The molecule has 1 aliphatic rings. The summed E-state index contributed by atoms with van der Waals surface area (Å²) in [5, 5.41) is 2.26. The van der Waals surface area contributed by atoms with Crippen molar-refractivity contribution in [3.8, 4) is 0 Å². The molecule has 0 aliphatic carbocycles. The van der Waals surface area contributed by atoms with Gasteiger partial charge in [0.25, 0.3) is 0 Å². The summed E-state index contributed by atoms with van der Waals surface area (Å²) in [5.41, 5.74) is 0. The lowest BCUT2D eigenvalue weighted by Gasteiger charge is -1.91. The maximum absolute atomic E-state index is 9.36. The molecule has 1 heterocycles. The van der Waals surface area contributed by atoms with Gasteiger partial charge in [0.2, 0.25) is 0 Å². The molecule has 0 aromatic rings. The van der Waals surface area contributed by atoms with E-state index in [9.17, 15) is 4.91 Å². The number of epoxide rings is 1. The predicted octanol–water partition coefficient (Wildman–Crippen LogP) is 0.863. The minimum atomic E-state index is 0.420. The summed E-state index contributed by atoms with van der Waals surface area (Å²) in [5.74, 6) is 0. The molecule has 9 heavy (non-hydrogen) atoms. The van der Waals surface area contributed by atoms with Crippen LogP contribution < -0.4 is 0 Å². The Kier molecular flexibility index (Phi) is 2.45. The van der Waals surface area contributed by atoms with E-state index in [0.29, 0.717) is 12.7 Å². The molecule has 4 heteroatoms. The number of hydrogen-bond donors (Lipinski definition) is 0. The molecular formula is C5H9NO3. The van der Waals surface area contributed by atoms with Crippen molar-refractivity contribution in [2.75, 3.05) is 13.2 Å². The largest absolute Gasteiger partial charge is 0.373 e. The van der Waals surface area contributed by atoms with E-state index in [1.54, 1.807) is 0 Å². The quantitative estimate of drug-likeness (QED) is 0.240. The summed E-state index contributed by atoms with van der Waals surface area (Å²) in [6.07, 6.45) is 2.27. The molecule has 0 saturated carbocycles. The Bertz CT molecular complexity index is 92.2. The van der Waals surface area contributed by atoms with E-state index in [-0.39, 0.29) is 0 Å². The van der Waals surface area contributed by atoms with Crippen LogP contribution in [0.25, 0.3) is 0 Å². The minimum Gasteiger partial charge on any atom is -0.373 e. The summed E-state index contributed by atoms with van der Waals surface area (Å²) in [6.45, 7) is 1.29. The average molecular weight is 131 g/mol. The van der Waals surface area contributed by atoms with Gasteiger partial charge in [-0.3, -0.25) is 0 Å². The minimum absolute atomic E-state index is 0.420. The zero-order valence-electron chi connectivity index (χ0n) is 5.08. The molecule has 1 unspecified atom stereocenters. The Morgan fingerprint density at radius 2 is 2.56 bits per heavy atom. The third-order valence-corrected chi connectivity index (χ3v) is 1.22. The van der Waals surface area contributed by atoms with Crippen LogP contribution in [0.3, 0.4) is 0 Å². The first-order chi connectivity index (χ1) is 4.43. The molecule has 1 rings (SSSR count). The molecule has 0 spiro atoms. The zero-order chi connectivity index (χ0) is 6.53. The van der Waals surface area contributed by atoms with Crippen molar-refractivity contribution < 1.29 is 9.57 Å². The third-order valence-electron chi connectivity index (χ3n) is 1.22. The highest BCUT2D eigenvalue weighted by atomic mass is 16.7. The molecule has 1 saturated heterocycles. The van der Waals surface area contributed by atoms with Gasteiger partial charge in [0, 0.05) is 0 Å². The first-order valence-electron chi connectivity index (χ1n) is 2.99. The van der Waals surface area contributed by atoms with Crippen molar-refractivity contribution in [2.45, 2.75) is 18.9 Å². The fourth-order valence-electron chi connectivity index (χ4n) is 0.648. The highest BCUT2D eigenvalue weighted by molar-refractivity contribution is 4.67. The standard InChI is InChI=1S/C5H9NO3/c7-6-9-3-1-2-5-4-8-5/h5H,1-4H2. The Balaban J connectivity index is 1.75. The summed E-state index contributed by atoms with van der Waals surface area (Å²) in [4.78, 5) is 13.6. The smallest absolute Gasteiger partial charge is 0.155 e. The number of hydrogen-bond acceptors (Lipinski definition) is 4. The molecule has 4 nitrogen and oxygen atoms in total. The van der Waals surface area contributed by atoms with Crippen molar-refractivity contribution in [2.24, 2.45) is 5.34 Å².